The largest absolute Gasteiger partial charge is 0.262 e. The zero-order valence-electron chi connectivity index (χ0n) is 13.0. The normalized spacial score (nSPS) is 10.7. The van der Waals surface area contributed by atoms with Gasteiger partial charge in [0.2, 0.25) is 5.82 Å². The van der Waals surface area contributed by atoms with Gasteiger partial charge in [-0.3, -0.25) is 9.97 Å². The molecule has 3 aromatic heterocycles. The van der Waals surface area contributed by atoms with Crippen molar-refractivity contribution in [2.45, 2.75) is 6.92 Å². The lowest BCUT2D eigenvalue weighted by atomic mass is 10.1. The monoisotopic (exact) mass is 314 g/mol. The Hall–Kier alpha value is -3.41. The lowest BCUT2D eigenvalue weighted by Crippen LogP contribution is -2.00. The van der Waals surface area contributed by atoms with E-state index < -0.39 is 0 Å². The Labute approximate surface area is 138 Å². The Bertz CT molecular complexity index is 977. The van der Waals surface area contributed by atoms with E-state index in [1.807, 2.05) is 36.5 Å². The van der Waals surface area contributed by atoms with Crippen LogP contribution in [-0.4, -0.2) is 30.2 Å². The topological polar surface area (TPSA) is 69.4 Å². The number of hydrogen-bond donors (Lipinski definition) is 0. The standard InChI is InChI=1S/C18H14N6/c1-13-5-4-6-14(9-13)15-10-16(12-19-11-15)24-22-18(21-23-24)17-7-2-3-8-20-17/h2-12H,1H3. The molecule has 0 spiro atoms. The smallest absolute Gasteiger partial charge is 0.223 e. The lowest BCUT2D eigenvalue weighted by Gasteiger charge is -2.04. The number of rotatable bonds is 3. The van der Waals surface area contributed by atoms with E-state index in [1.54, 1.807) is 12.4 Å². The zero-order valence-corrected chi connectivity index (χ0v) is 13.0. The van der Waals surface area contributed by atoms with Crippen molar-refractivity contribution >= 4 is 0 Å². The van der Waals surface area contributed by atoms with Crippen molar-refractivity contribution in [1.82, 2.24) is 30.2 Å². The molecule has 4 aromatic rings. The molecule has 24 heavy (non-hydrogen) atoms. The molecule has 4 rings (SSSR count). The molecule has 3 heterocycles. The van der Waals surface area contributed by atoms with Gasteiger partial charge in [0.1, 0.15) is 11.4 Å². The Morgan fingerprint density at radius 2 is 1.88 bits per heavy atom. The van der Waals surface area contributed by atoms with Crippen LogP contribution in [0.15, 0.2) is 67.1 Å². The molecule has 0 unspecified atom stereocenters. The molecule has 0 saturated heterocycles. The predicted octanol–water partition coefficient (Wildman–Crippen LogP) is 3.09. The number of hydrogen-bond acceptors (Lipinski definition) is 5. The van der Waals surface area contributed by atoms with Crippen LogP contribution in [0.5, 0.6) is 0 Å². The fourth-order valence-electron chi connectivity index (χ4n) is 2.44. The predicted molar refractivity (Wildman–Crippen MR) is 90.4 cm³/mol. The minimum absolute atomic E-state index is 0.483. The molecule has 0 saturated carbocycles. The fourth-order valence-corrected chi connectivity index (χ4v) is 2.44. The van der Waals surface area contributed by atoms with Gasteiger partial charge in [-0.25, -0.2) is 0 Å². The van der Waals surface area contributed by atoms with Gasteiger partial charge in [-0.05, 0) is 35.9 Å². The van der Waals surface area contributed by atoms with Crippen molar-refractivity contribution in [3.8, 4) is 28.3 Å². The average molecular weight is 314 g/mol. The van der Waals surface area contributed by atoms with Crippen molar-refractivity contribution in [3.05, 3.63) is 72.7 Å². The maximum Gasteiger partial charge on any atom is 0.223 e. The Morgan fingerprint density at radius 3 is 2.71 bits per heavy atom. The highest BCUT2D eigenvalue weighted by Crippen LogP contribution is 2.21. The van der Waals surface area contributed by atoms with E-state index >= 15 is 0 Å². The van der Waals surface area contributed by atoms with Crippen molar-refractivity contribution in [2.75, 3.05) is 0 Å². The Balaban J connectivity index is 1.71. The minimum Gasteiger partial charge on any atom is -0.262 e. The Kier molecular flexibility index (Phi) is 3.55. The molecule has 116 valence electrons. The molecular weight excluding hydrogens is 300 g/mol. The van der Waals surface area contributed by atoms with E-state index in [0.29, 0.717) is 11.5 Å². The van der Waals surface area contributed by atoms with E-state index in [2.05, 4.69) is 50.5 Å². The van der Waals surface area contributed by atoms with E-state index in [9.17, 15) is 0 Å². The van der Waals surface area contributed by atoms with Crippen LogP contribution in [0.3, 0.4) is 0 Å². The number of aromatic nitrogens is 6. The summed E-state index contributed by atoms with van der Waals surface area (Å²) >= 11 is 0. The van der Waals surface area contributed by atoms with Gasteiger partial charge in [0.15, 0.2) is 0 Å². The molecule has 0 aliphatic rings. The van der Waals surface area contributed by atoms with E-state index in [4.69, 9.17) is 0 Å². The van der Waals surface area contributed by atoms with Crippen LogP contribution in [0, 0.1) is 6.92 Å². The third kappa shape index (κ3) is 2.77. The molecule has 1 aromatic carbocycles. The number of aryl methyl sites for hydroxylation is 1. The second-order valence-electron chi connectivity index (χ2n) is 5.42. The summed E-state index contributed by atoms with van der Waals surface area (Å²) in [6, 6.07) is 15.9. The number of tetrazole rings is 1. The highest BCUT2D eigenvalue weighted by atomic mass is 15.6. The van der Waals surface area contributed by atoms with E-state index in [0.717, 1.165) is 16.8 Å². The molecule has 6 heteroatoms. The van der Waals surface area contributed by atoms with Crippen LogP contribution < -0.4 is 0 Å². The van der Waals surface area contributed by atoms with Gasteiger partial charge in [-0.2, -0.15) is 0 Å². The number of benzene rings is 1. The molecule has 0 fully saturated rings. The highest BCUT2D eigenvalue weighted by molar-refractivity contribution is 5.65. The highest BCUT2D eigenvalue weighted by Gasteiger charge is 2.09. The van der Waals surface area contributed by atoms with Gasteiger partial charge in [-0.15, -0.1) is 15.0 Å². The molecule has 6 nitrogen and oxygen atoms in total. The van der Waals surface area contributed by atoms with Gasteiger partial charge in [0.05, 0.1) is 6.20 Å². The second kappa shape index (κ2) is 6.00. The summed E-state index contributed by atoms with van der Waals surface area (Å²) in [7, 11) is 0. The van der Waals surface area contributed by atoms with Gasteiger partial charge < -0.3 is 0 Å². The molecule has 0 bridgehead atoms. The third-order valence-electron chi connectivity index (χ3n) is 3.61. The van der Waals surface area contributed by atoms with Gasteiger partial charge in [0, 0.05) is 18.0 Å². The zero-order chi connectivity index (χ0) is 16.4. The van der Waals surface area contributed by atoms with Crippen LogP contribution in [0.25, 0.3) is 28.3 Å². The first-order chi connectivity index (χ1) is 11.8. The summed E-state index contributed by atoms with van der Waals surface area (Å²) in [5.74, 6) is 0.483. The van der Waals surface area contributed by atoms with E-state index in [1.165, 1.54) is 10.4 Å². The summed E-state index contributed by atoms with van der Waals surface area (Å²) in [6.07, 6.45) is 5.24. The van der Waals surface area contributed by atoms with Gasteiger partial charge in [-0.1, -0.05) is 35.9 Å². The van der Waals surface area contributed by atoms with E-state index in [-0.39, 0.29) is 0 Å². The lowest BCUT2D eigenvalue weighted by molar-refractivity contribution is 0.717. The van der Waals surface area contributed by atoms with Crippen LogP contribution in [-0.2, 0) is 0 Å². The third-order valence-corrected chi connectivity index (χ3v) is 3.61. The second-order valence-corrected chi connectivity index (χ2v) is 5.42. The first-order valence-corrected chi connectivity index (χ1v) is 7.53. The van der Waals surface area contributed by atoms with Crippen molar-refractivity contribution in [2.24, 2.45) is 0 Å². The Morgan fingerprint density at radius 1 is 0.917 bits per heavy atom. The van der Waals surface area contributed by atoms with Crippen LogP contribution >= 0.6 is 0 Å². The van der Waals surface area contributed by atoms with Crippen LogP contribution in [0.2, 0.25) is 0 Å². The number of pyridine rings is 2. The van der Waals surface area contributed by atoms with Crippen molar-refractivity contribution in [1.29, 1.82) is 0 Å². The average Bonchev–Trinajstić information content (AvgIpc) is 3.13. The van der Waals surface area contributed by atoms with Crippen molar-refractivity contribution in [3.63, 3.8) is 0 Å². The first kappa shape index (κ1) is 14.2. The van der Waals surface area contributed by atoms with Crippen LogP contribution in [0.1, 0.15) is 5.56 Å². The molecule has 0 aliphatic carbocycles. The SMILES string of the molecule is Cc1cccc(-c2cncc(-n3nnc(-c4ccccn4)n3)c2)c1. The summed E-state index contributed by atoms with van der Waals surface area (Å²) < 4.78 is 0. The quantitative estimate of drug-likeness (QED) is 0.581. The summed E-state index contributed by atoms with van der Waals surface area (Å²) in [5, 5.41) is 12.6. The number of nitrogens with zero attached hydrogens (tertiary/aromatic N) is 6. The molecule has 0 radical (unpaired) electrons. The molecule has 0 atom stereocenters. The first-order valence-electron chi connectivity index (χ1n) is 7.53. The molecular formula is C18H14N6. The molecule has 0 amide bonds. The van der Waals surface area contributed by atoms with Gasteiger partial charge in [0.25, 0.3) is 0 Å². The van der Waals surface area contributed by atoms with Crippen molar-refractivity contribution < 1.29 is 0 Å². The maximum atomic E-state index is 4.40. The summed E-state index contributed by atoms with van der Waals surface area (Å²) in [4.78, 5) is 10.0. The maximum absolute atomic E-state index is 4.40. The van der Waals surface area contributed by atoms with Crippen LogP contribution in [0.4, 0.5) is 0 Å². The van der Waals surface area contributed by atoms with Gasteiger partial charge >= 0.3 is 0 Å². The minimum atomic E-state index is 0.483. The summed E-state index contributed by atoms with van der Waals surface area (Å²) in [5.41, 5.74) is 4.76. The fraction of sp³-hybridized carbons (Fsp3) is 0.0556. The molecule has 0 aliphatic heterocycles. The summed E-state index contributed by atoms with van der Waals surface area (Å²) in [6.45, 7) is 2.07. The molecule has 0 N–H and O–H groups in total.